The van der Waals surface area contributed by atoms with Crippen LogP contribution in [0, 0.1) is 17.6 Å². The quantitative estimate of drug-likeness (QED) is 0.364. The van der Waals surface area contributed by atoms with E-state index in [9.17, 15) is 17.2 Å². The lowest BCUT2D eigenvalue weighted by atomic mass is 10.1. The molecular formula is C17H25F2IN4O2S. The molecule has 2 heterocycles. The van der Waals surface area contributed by atoms with Gasteiger partial charge in [0, 0.05) is 32.7 Å². The molecule has 0 aromatic heterocycles. The first kappa shape index (κ1) is 22.1. The molecule has 0 radical (unpaired) electrons. The van der Waals surface area contributed by atoms with Crippen LogP contribution in [-0.2, 0) is 9.84 Å². The summed E-state index contributed by atoms with van der Waals surface area (Å²) in [4.78, 5) is 5.85. The van der Waals surface area contributed by atoms with E-state index in [2.05, 4.69) is 15.6 Å². The molecule has 2 saturated heterocycles. The number of halogens is 3. The average molecular weight is 514 g/mol. The molecule has 0 aliphatic carbocycles. The summed E-state index contributed by atoms with van der Waals surface area (Å²) in [5.41, 5.74) is 0.0101. The number of aliphatic imine (C=N–C) groups is 1. The third kappa shape index (κ3) is 5.66. The van der Waals surface area contributed by atoms with Gasteiger partial charge in [-0.2, -0.15) is 0 Å². The number of nitrogens with one attached hydrogen (secondary N) is 2. The summed E-state index contributed by atoms with van der Waals surface area (Å²) in [6.45, 7) is 1.56. The Morgan fingerprint density at radius 3 is 2.59 bits per heavy atom. The van der Waals surface area contributed by atoms with Gasteiger partial charge in [-0.05, 0) is 30.9 Å². The lowest BCUT2D eigenvalue weighted by Gasteiger charge is -2.21. The molecule has 152 valence electrons. The molecule has 0 saturated carbocycles. The number of guanidine groups is 1. The van der Waals surface area contributed by atoms with Gasteiger partial charge in [0.15, 0.2) is 15.8 Å². The summed E-state index contributed by atoms with van der Waals surface area (Å²) in [6.07, 6.45) is 1.39. The Bertz CT molecular complexity index is 771. The van der Waals surface area contributed by atoms with Gasteiger partial charge in [-0.3, -0.25) is 4.99 Å². The third-order valence-corrected chi connectivity index (χ3v) is 6.73. The molecule has 10 heteroatoms. The fraction of sp³-hybridized carbons (Fsp3) is 0.588. The maximum Gasteiger partial charge on any atom is 0.191 e. The van der Waals surface area contributed by atoms with Crippen LogP contribution in [0.2, 0.25) is 0 Å². The maximum atomic E-state index is 13.9. The van der Waals surface area contributed by atoms with Crippen LogP contribution in [0.25, 0.3) is 0 Å². The molecule has 27 heavy (non-hydrogen) atoms. The van der Waals surface area contributed by atoms with Crippen LogP contribution in [0.5, 0.6) is 0 Å². The molecule has 6 nitrogen and oxygen atoms in total. The summed E-state index contributed by atoms with van der Waals surface area (Å²) in [6, 6.07) is 3.88. The van der Waals surface area contributed by atoms with E-state index in [1.165, 1.54) is 18.2 Å². The minimum atomic E-state index is -2.90. The Labute approximate surface area is 175 Å². The van der Waals surface area contributed by atoms with Gasteiger partial charge in [-0.1, -0.05) is 6.07 Å². The molecule has 2 fully saturated rings. The normalized spacial score (nSPS) is 24.6. The van der Waals surface area contributed by atoms with E-state index in [1.54, 1.807) is 11.9 Å². The van der Waals surface area contributed by atoms with Crippen molar-refractivity contribution in [3.05, 3.63) is 29.8 Å². The Kier molecular flexibility index (Phi) is 7.66. The number of benzene rings is 1. The summed E-state index contributed by atoms with van der Waals surface area (Å²) >= 11 is 0. The van der Waals surface area contributed by atoms with Crippen molar-refractivity contribution < 1.29 is 17.2 Å². The highest BCUT2D eigenvalue weighted by Crippen LogP contribution is 2.26. The van der Waals surface area contributed by atoms with Crippen molar-refractivity contribution >= 4 is 45.5 Å². The molecule has 2 atom stereocenters. The van der Waals surface area contributed by atoms with E-state index in [1.807, 2.05) is 0 Å². The maximum absolute atomic E-state index is 13.9. The first-order chi connectivity index (χ1) is 12.4. The highest BCUT2D eigenvalue weighted by molar-refractivity contribution is 14.0. The molecular weight excluding hydrogens is 489 g/mol. The Balaban J connectivity index is 0.00000261. The monoisotopic (exact) mass is 514 g/mol. The minimum Gasteiger partial charge on any atom is -0.365 e. The van der Waals surface area contributed by atoms with Crippen LogP contribution in [0.4, 0.5) is 14.5 Å². The van der Waals surface area contributed by atoms with Crippen molar-refractivity contribution in [2.45, 2.75) is 18.9 Å². The van der Waals surface area contributed by atoms with Crippen LogP contribution in [-0.4, -0.2) is 58.6 Å². The molecule has 0 spiro atoms. The molecule has 2 aliphatic heterocycles. The SMILES string of the molecule is CN=C(NCC1CCS(=O)(=O)C1)NC1CCN(c2c(F)cccc2F)C1.I. The number of hydrogen-bond donors (Lipinski definition) is 2. The topological polar surface area (TPSA) is 73.8 Å². The van der Waals surface area contributed by atoms with E-state index >= 15 is 0 Å². The van der Waals surface area contributed by atoms with E-state index in [0.717, 1.165) is 6.42 Å². The van der Waals surface area contributed by atoms with Crippen LogP contribution < -0.4 is 15.5 Å². The van der Waals surface area contributed by atoms with Crippen LogP contribution in [0.3, 0.4) is 0 Å². The molecule has 0 amide bonds. The number of sulfone groups is 1. The lowest BCUT2D eigenvalue weighted by molar-refractivity contribution is 0.558. The average Bonchev–Trinajstić information content (AvgIpc) is 3.17. The first-order valence-electron chi connectivity index (χ1n) is 8.74. The highest BCUT2D eigenvalue weighted by Gasteiger charge is 2.29. The molecule has 2 N–H and O–H groups in total. The predicted molar refractivity (Wildman–Crippen MR) is 114 cm³/mol. The van der Waals surface area contributed by atoms with E-state index in [-0.39, 0.29) is 53.1 Å². The van der Waals surface area contributed by atoms with Gasteiger partial charge in [0.05, 0.1) is 11.5 Å². The lowest BCUT2D eigenvalue weighted by Crippen LogP contribution is -2.46. The summed E-state index contributed by atoms with van der Waals surface area (Å²) in [5.74, 6) is 0.00488. The smallest absolute Gasteiger partial charge is 0.191 e. The van der Waals surface area contributed by atoms with Crippen molar-refractivity contribution in [1.82, 2.24) is 10.6 Å². The van der Waals surface area contributed by atoms with Crippen molar-refractivity contribution in [1.29, 1.82) is 0 Å². The summed E-state index contributed by atoms with van der Waals surface area (Å²) in [5, 5.41) is 6.41. The fourth-order valence-corrected chi connectivity index (χ4v) is 5.40. The van der Waals surface area contributed by atoms with E-state index in [4.69, 9.17) is 0 Å². The Morgan fingerprint density at radius 2 is 2.00 bits per heavy atom. The zero-order chi connectivity index (χ0) is 18.7. The fourth-order valence-electron chi connectivity index (χ4n) is 3.53. The van der Waals surface area contributed by atoms with Gasteiger partial charge < -0.3 is 15.5 Å². The van der Waals surface area contributed by atoms with Crippen molar-refractivity contribution in [2.24, 2.45) is 10.9 Å². The second-order valence-electron chi connectivity index (χ2n) is 6.87. The largest absolute Gasteiger partial charge is 0.365 e. The standard InChI is InChI=1S/C17H24F2N4O2S.HI/c1-20-17(21-9-12-6-8-26(24,25)11-12)22-13-5-7-23(10-13)16-14(18)3-2-4-15(16)19;/h2-4,12-13H,5-11H2,1H3,(H2,20,21,22);1H. The summed E-state index contributed by atoms with van der Waals surface area (Å²) < 4.78 is 50.9. The molecule has 2 unspecified atom stereocenters. The Hall–Kier alpha value is -1.17. The second-order valence-corrected chi connectivity index (χ2v) is 9.10. The number of para-hydroxylation sites is 1. The van der Waals surface area contributed by atoms with E-state index < -0.39 is 21.5 Å². The minimum absolute atomic E-state index is 0. The Morgan fingerprint density at radius 1 is 1.30 bits per heavy atom. The summed E-state index contributed by atoms with van der Waals surface area (Å²) in [7, 11) is -1.25. The van der Waals surface area contributed by atoms with Crippen molar-refractivity contribution in [3.63, 3.8) is 0 Å². The number of hydrogen-bond acceptors (Lipinski definition) is 4. The molecule has 2 aliphatic rings. The van der Waals surface area contributed by atoms with Gasteiger partial charge >= 0.3 is 0 Å². The molecule has 1 aromatic carbocycles. The number of rotatable bonds is 4. The van der Waals surface area contributed by atoms with Gasteiger partial charge in [0.2, 0.25) is 0 Å². The van der Waals surface area contributed by atoms with Crippen molar-refractivity contribution in [3.8, 4) is 0 Å². The van der Waals surface area contributed by atoms with Crippen LogP contribution in [0.15, 0.2) is 23.2 Å². The first-order valence-corrected chi connectivity index (χ1v) is 10.6. The third-order valence-electron chi connectivity index (χ3n) is 4.89. The molecule has 0 bridgehead atoms. The van der Waals surface area contributed by atoms with Crippen LogP contribution >= 0.6 is 24.0 Å². The zero-order valence-corrected chi connectivity index (χ0v) is 18.3. The predicted octanol–water partition coefficient (Wildman–Crippen LogP) is 1.76. The van der Waals surface area contributed by atoms with Gasteiger partial charge in [-0.25, -0.2) is 17.2 Å². The molecule has 1 aromatic rings. The van der Waals surface area contributed by atoms with Crippen molar-refractivity contribution in [2.75, 3.05) is 43.1 Å². The van der Waals surface area contributed by atoms with Gasteiger partial charge in [0.25, 0.3) is 0 Å². The highest BCUT2D eigenvalue weighted by atomic mass is 127. The zero-order valence-electron chi connectivity index (χ0n) is 15.1. The van der Waals surface area contributed by atoms with Gasteiger partial charge in [-0.15, -0.1) is 24.0 Å². The number of nitrogens with zero attached hydrogens (tertiary/aromatic N) is 2. The van der Waals surface area contributed by atoms with Crippen LogP contribution in [0.1, 0.15) is 12.8 Å². The van der Waals surface area contributed by atoms with Gasteiger partial charge in [0.1, 0.15) is 17.3 Å². The van der Waals surface area contributed by atoms with E-state index in [0.29, 0.717) is 32.0 Å². The second kappa shape index (κ2) is 9.35. The molecule has 3 rings (SSSR count). The number of anilines is 1.